The van der Waals surface area contributed by atoms with Gasteiger partial charge in [-0.2, -0.15) is 0 Å². The number of carbonyl (C=O) groups excluding carboxylic acids is 1. The lowest BCUT2D eigenvalue weighted by atomic mass is 10.0. The largest absolute Gasteiger partial charge is 0.496 e. The fraction of sp³-hybridized carbons (Fsp3) is 0.462. The van der Waals surface area contributed by atoms with Gasteiger partial charge < -0.3 is 20.9 Å². The lowest BCUT2D eigenvalue weighted by Crippen LogP contribution is -2.44. The zero-order valence-electron chi connectivity index (χ0n) is 11.0. The highest BCUT2D eigenvalue weighted by Crippen LogP contribution is 2.22. The van der Waals surface area contributed by atoms with Crippen LogP contribution in [0.4, 0.5) is 5.69 Å². The van der Waals surface area contributed by atoms with Gasteiger partial charge in [-0.25, -0.2) is 0 Å². The zero-order valence-corrected chi connectivity index (χ0v) is 11.0. The molecule has 0 radical (unpaired) electrons. The molecule has 5 heteroatoms. The van der Waals surface area contributed by atoms with E-state index >= 15 is 0 Å². The van der Waals surface area contributed by atoms with E-state index in [1.807, 2.05) is 13.8 Å². The zero-order chi connectivity index (χ0) is 13.8. The molecule has 0 heterocycles. The van der Waals surface area contributed by atoms with E-state index in [9.17, 15) is 4.79 Å². The smallest absolute Gasteiger partial charge is 0.255 e. The molecule has 0 fully saturated rings. The molecule has 0 saturated heterocycles. The number of ether oxygens (including phenoxy) is 1. The monoisotopic (exact) mass is 252 g/mol. The van der Waals surface area contributed by atoms with Crippen LogP contribution in [0.1, 0.15) is 30.6 Å². The van der Waals surface area contributed by atoms with E-state index in [0.29, 0.717) is 23.4 Å². The molecule has 0 spiro atoms. The van der Waals surface area contributed by atoms with Gasteiger partial charge in [0.1, 0.15) is 5.75 Å². The molecule has 0 bridgehead atoms. The highest BCUT2D eigenvalue weighted by molar-refractivity contribution is 5.98. The molecule has 0 aliphatic carbocycles. The molecule has 0 atom stereocenters. The van der Waals surface area contributed by atoms with Crippen molar-refractivity contribution in [3.8, 4) is 5.75 Å². The molecule has 1 aromatic carbocycles. The van der Waals surface area contributed by atoms with Crippen LogP contribution in [0.2, 0.25) is 0 Å². The van der Waals surface area contributed by atoms with E-state index in [2.05, 4.69) is 5.32 Å². The summed E-state index contributed by atoms with van der Waals surface area (Å²) in [6.45, 7) is 3.71. The van der Waals surface area contributed by atoms with Gasteiger partial charge in [0.15, 0.2) is 0 Å². The minimum atomic E-state index is -0.485. The van der Waals surface area contributed by atoms with Gasteiger partial charge in [0.25, 0.3) is 5.91 Å². The first-order chi connectivity index (χ1) is 8.39. The summed E-state index contributed by atoms with van der Waals surface area (Å²) in [5.74, 6) is 0.207. The third kappa shape index (κ3) is 3.63. The van der Waals surface area contributed by atoms with Crippen LogP contribution in [-0.4, -0.2) is 30.3 Å². The van der Waals surface area contributed by atoms with E-state index in [0.717, 1.165) is 0 Å². The van der Waals surface area contributed by atoms with Crippen molar-refractivity contribution in [2.24, 2.45) is 0 Å². The normalized spacial score (nSPS) is 11.1. The number of aliphatic hydroxyl groups excluding tert-OH is 1. The second-order valence-corrected chi connectivity index (χ2v) is 4.77. The summed E-state index contributed by atoms with van der Waals surface area (Å²) in [4.78, 5) is 12.1. The molecular formula is C13H20N2O3. The molecule has 1 aromatic rings. The van der Waals surface area contributed by atoms with E-state index < -0.39 is 5.54 Å². The predicted octanol–water partition coefficient (Wildman–Crippen LogP) is 1.17. The van der Waals surface area contributed by atoms with Crippen molar-refractivity contribution < 1.29 is 14.6 Å². The third-order valence-corrected chi connectivity index (χ3v) is 2.66. The van der Waals surface area contributed by atoms with E-state index in [4.69, 9.17) is 15.6 Å². The second kappa shape index (κ2) is 5.73. The summed E-state index contributed by atoms with van der Waals surface area (Å²) < 4.78 is 5.13. The molecule has 1 amide bonds. The van der Waals surface area contributed by atoms with Crippen molar-refractivity contribution >= 4 is 11.6 Å². The summed E-state index contributed by atoms with van der Waals surface area (Å²) in [6.07, 6.45) is 0.476. The number of nitrogens with two attached hydrogens (primary N) is 1. The molecule has 0 unspecified atom stereocenters. The number of anilines is 1. The molecule has 0 aliphatic heterocycles. The lowest BCUT2D eigenvalue weighted by Gasteiger charge is -2.25. The first-order valence-electron chi connectivity index (χ1n) is 5.76. The standard InChI is InChI=1S/C13H20N2O3/c1-13(2,6-7-16)15-12(17)10-8-9(14)4-5-11(10)18-3/h4-5,8,16H,6-7,14H2,1-3H3,(H,15,17). The Balaban J connectivity index is 2.93. The van der Waals surface area contributed by atoms with E-state index in [1.54, 1.807) is 18.2 Å². The molecule has 0 aliphatic rings. The number of carbonyl (C=O) groups is 1. The van der Waals surface area contributed by atoms with Crippen LogP contribution in [0.25, 0.3) is 0 Å². The Kier molecular flexibility index (Phi) is 4.55. The maximum Gasteiger partial charge on any atom is 0.255 e. The van der Waals surface area contributed by atoms with Crippen LogP contribution >= 0.6 is 0 Å². The maximum atomic E-state index is 12.1. The van der Waals surface area contributed by atoms with Crippen LogP contribution in [0.3, 0.4) is 0 Å². The SMILES string of the molecule is COc1ccc(N)cc1C(=O)NC(C)(C)CCO. The van der Waals surface area contributed by atoms with Gasteiger partial charge in [-0.1, -0.05) is 0 Å². The Bertz CT molecular complexity index is 430. The summed E-state index contributed by atoms with van der Waals surface area (Å²) in [5, 5.41) is 11.8. The van der Waals surface area contributed by atoms with Crippen molar-refractivity contribution in [1.29, 1.82) is 0 Å². The molecule has 4 N–H and O–H groups in total. The van der Waals surface area contributed by atoms with Gasteiger partial charge in [0.2, 0.25) is 0 Å². The minimum Gasteiger partial charge on any atom is -0.496 e. The van der Waals surface area contributed by atoms with Crippen molar-refractivity contribution in [2.45, 2.75) is 25.8 Å². The van der Waals surface area contributed by atoms with Gasteiger partial charge in [0, 0.05) is 17.8 Å². The predicted molar refractivity (Wildman–Crippen MR) is 70.7 cm³/mol. The van der Waals surface area contributed by atoms with Crippen LogP contribution < -0.4 is 15.8 Å². The van der Waals surface area contributed by atoms with Crippen LogP contribution in [0.15, 0.2) is 18.2 Å². The van der Waals surface area contributed by atoms with Crippen LogP contribution in [0.5, 0.6) is 5.75 Å². The summed E-state index contributed by atoms with van der Waals surface area (Å²) in [6, 6.07) is 4.90. The van der Waals surface area contributed by atoms with Crippen LogP contribution in [-0.2, 0) is 0 Å². The Morgan fingerprint density at radius 3 is 2.72 bits per heavy atom. The lowest BCUT2D eigenvalue weighted by molar-refractivity contribution is 0.0896. The quantitative estimate of drug-likeness (QED) is 0.687. The average Bonchev–Trinajstić information content (AvgIpc) is 2.28. The van der Waals surface area contributed by atoms with Crippen molar-refractivity contribution in [3.05, 3.63) is 23.8 Å². The number of benzene rings is 1. The Morgan fingerprint density at radius 2 is 2.17 bits per heavy atom. The van der Waals surface area contributed by atoms with Gasteiger partial charge in [0.05, 0.1) is 12.7 Å². The molecule has 0 saturated carbocycles. The fourth-order valence-corrected chi connectivity index (χ4v) is 1.62. The van der Waals surface area contributed by atoms with E-state index in [1.165, 1.54) is 7.11 Å². The fourth-order valence-electron chi connectivity index (χ4n) is 1.62. The maximum absolute atomic E-state index is 12.1. The molecule has 5 nitrogen and oxygen atoms in total. The minimum absolute atomic E-state index is 0.0152. The third-order valence-electron chi connectivity index (χ3n) is 2.66. The molecule has 1 rings (SSSR count). The summed E-state index contributed by atoms with van der Waals surface area (Å²) in [7, 11) is 1.50. The van der Waals surface area contributed by atoms with Crippen LogP contribution in [0, 0.1) is 0 Å². The molecule has 18 heavy (non-hydrogen) atoms. The number of hydrogen-bond acceptors (Lipinski definition) is 4. The second-order valence-electron chi connectivity index (χ2n) is 4.77. The highest BCUT2D eigenvalue weighted by Gasteiger charge is 2.22. The average molecular weight is 252 g/mol. The molecule has 100 valence electrons. The highest BCUT2D eigenvalue weighted by atomic mass is 16.5. The number of rotatable bonds is 5. The van der Waals surface area contributed by atoms with Gasteiger partial charge >= 0.3 is 0 Å². The number of aliphatic hydroxyl groups is 1. The molecular weight excluding hydrogens is 232 g/mol. The van der Waals surface area contributed by atoms with Gasteiger partial charge in [-0.3, -0.25) is 4.79 Å². The van der Waals surface area contributed by atoms with Crippen molar-refractivity contribution in [3.63, 3.8) is 0 Å². The Morgan fingerprint density at radius 1 is 1.50 bits per heavy atom. The van der Waals surface area contributed by atoms with Gasteiger partial charge in [-0.05, 0) is 38.5 Å². The number of methoxy groups -OCH3 is 1. The number of nitrogen functional groups attached to an aromatic ring is 1. The number of nitrogens with one attached hydrogen (secondary N) is 1. The summed E-state index contributed by atoms with van der Waals surface area (Å²) >= 11 is 0. The topological polar surface area (TPSA) is 84.6 Å². The van der Waals surface area contributed by atoms with Gasteiger partial charge in [-0.15, -0.1) is 0 Å². The number of hydrogen-bond donors (Lipinski definition) is 3. The summed E-state index contributed by atoms with van der Waals surface area (Å²) in [5.41, 5.74) is 6.08. The Labute approximate surface area is 107 Å². The molecule has 0 aromatic heterocycles. The first-order valence-corrected chi connectivity index (χ1v) is 5.76. The first kappa shape index (κ1) is 14.3. The Hall–Kier alpha value is -1.75. The van der Waals surface area contributed by atoms with Crippen molar-refractivity contribution in [2.75, 3.05) is 19.5 Å². The van der Waals surface area contributed by atoms with Crippen molar-refractivity contribution in [1.82, 2.24) is 5.32 Å². The number of amides is 1. The van der Waals surface area contributed by atoms with E-state index in [-0.39, 0.29) is 12.5 Å².